The molecule has 0 aliphatic heterocycles. The van der Waals surface area contributed by atoms with Crippen molar-refractivity contribution in [1.29, 1.82) is 0 Å². The van der Waals surface area contributed by atoms with Crippen LogP contribution >= 0.6 is 0 Å². The minimum atomic E-state index is -0.619. The Hall–Kier alpha value is -2.53. The normalized spacial score (nSPS) is 11.8. The molecule has 1 atom stereocenters. The monoisotopic (exact) mass is 341 g/mol. The number of hydrogen-bond donors (Lipinski definition) is 4. The molecule has 5 nitrogen and oxygen atoms in total. The van der Waals surface area contributed by atoms with E-state index in [0.717, 1.165) is 30.5 Å². The number of aryl methyl sites for hydroxylation is 1. The van der Waals surface area contributed by atoms with Gasteiger partial charge in [-0.1, -0.05) is 36.2 Å². The van der Waals surface area contributed by atoms with Gasteiger partial charge >= 0.3 is 0 Å². The van der Waals surface area contributed by atoms with Crippen LogP contribution in [0.4, 0.5) is 11.4 Å². The molecule has 0 aromatic heterocycles. The van der Waals surface area contributed by atoms with E-state index < -0.39 is 6.23 Å². The quantitative estimate of drug-likeness (QED) is 0.320. The lowest BCUT2D eigenvalue weighted by atomic mass is 10.1. The number of para-hydroxylation sites is 2. The number of nitrogens with two attached hydrogens (primary N) is 1. The minimum Gasteiger partial charge on any atom is -0.397 e. The first kappa shape index (κ1) is 18.8. The van der Waals surface area contributed by atoms with Gasteiger partial charge in [0.2, 0.25) is 0 Å². The number of hydrogen-bond acceptors (Lipinski definition) is 4. The molecule has 0 bridgehead atoms. The van der Waals surface area contributed by atoms with Gasteiger partial charge in [-0.15, -0.1) is 0 Å². The summed E-state index contributed by atoms with van der Waals surface area (Å²) in [6, 6.07) is 14.9. The number of nitrogens with one attached hydrogen (secondary N) is 2. The van der Waals surface area contributed by atoms with Crippen LogP contribution in [0, 0.1) is 6.92 Å². The van der Waals surface area contributed by atoms with Gasteiger partial charge in [0.25, 0.3) is 5.91 Å². The molecule has 0 saturated heterocycles. The van der Waals surface area contributed by atoms with Crippen molar-refractivity contribution in [2.75, 3.05) is 17.6 Å². The van der Waals surface area contributed by atoms with Crippen LogP contribution in [0.5, 0.6) is 0 Å². The fourth-order valence-electron chi connectivity index (χ4n) is 2.53. The number of rotatable bonds is 9. The van der Waals surface area contributed by atoms with Crippen molar-refractivity contribution in [2.45, 2.75) is 38.8 Å². The number of amides is 1. The minimum absolute atomic E-state index is 0.0405. The average molecular weight is 341 g/mol. The fourth-order valence-corrected chi connectivity index (χ4v) is 2.53. The van der Waals surface area contributed by atoms with Crippen LogP contribution in [-0.4, -0.2) is 23.8 Å². The molecule has 2 aromatic rings. The van der Waals surface area contributed by atoms with Gasteiger partial charge in [-0.2, -0.15) is 0 Å². The maximum atomic E-state index is 12.0. The van der Waals surface area contributed by atoms with E-state index >= 15 is 0 Å². The van der Waals surface area contributed by atoms with Gasteiger partial charge in [0.1, 0.15) is 6.23 Å². The van der Waals surface area contributed by atoms with Gasteiger partial charge in [0.15, 0.2) is 0 Å². The summed E-state index contributed by atoms with van der Waals surface area (Å²) in [6.07, 6.45) is 2.73. The lowest BCUT2D eigenvalue weighted by molar-refractivity contribution is 0.0952. The largest absolute Gasteiger partial charge is 0.397 e. The van der Waals surface area contributed by atoms with Crippen LogP contribution in [-0.2, 0) is 0 Å². The maximum absolute atomic E-state index is 12.0. The molecule has 0 radical (unpaired) electrons. The summed E-state index contributed by atoms with van der Waals surface area (Å²) in [5, 5.41) is 15.9. The Morgan fingerprint density at radius 3 is 2.52 bits per heavy atom. The molecule has 0 heterocycles. The Bertz CT molecular complexity index is 671. The van der Waals surface area contributed by atoms with Crippen LogP contribution in [0.1, 0.15) is 41.6 Å². The first-order valence-electron chi connectivity index (χ1n) is 8.70. The molecule has 0 fully saturated rings. The first-order chi connectivity index (χ1) is 12.1. The van der Waals surface area contributed by atoms with Crippen LogP contribution in [0.15, 0.2) is 48.5 Å². The van der Waals surface area contributed by atoms with E-state index in [0.29, 0.717) is 24.2 Å². The van der Waals surface area contributed by atoms with Crippen molar-refractivity contribution in [3.63, 3.8) is 0 Å². The number of unbranched alkanes of at least 4 members (excludes halogenated alkanes) is 2. The molecule has 2 aromatic carbocycles. The Kier molecular flexibility index (Phi) is 7.29. The third-order valence-electron chi connectivity index (χ3n) is 4.04. The van der Waals surface area contributed by atoms with Gasteiger partial charge in [-0.05, 0) is 50.5 Å². The van der Waals surface area contributed by atoms with E-state index in [4.69, 9.17) is 5.73 Å². The second-order valence-corrected chi connectivity index (χ2v) is 6.22. The highest BCUT2D eigenvalue weighted by Crippen LogP contribution is 2.18. The van der Waals surface area contributed by atoms with Gasteiger partial charge < -0.3 is 21.5 Å². The van der Waals surface area contributed by atoms with Crippen LogP contribution in [0.25, 0.3) is 0 Å². The predicted molar refractivity (Wildman–Crippen MR) is 102 cm³/mol. The molecule has 0 spiro atoms. The standard InChI is InChI=1S/C20H27N3O2/c1-15-10-12-16(13-11-15)20(25)22-14-6-2-3-9-19(24)23-18-8-5-4-7-17(18)21/h4-5,7-8,10-13,19,23-24H,2-3,6,9,14,21H2,1H3,(H,22,25). The highest BCUT2D eigenvalue weighted by Gasteiger charge is 2.06. The summed E-state index contributed by atoms with van der Waals surface area (Å²) < 4.78 is 0. The lowest BCUT2D eigenvalue weighted by Crippen LogP contribution is -2.24. The van der Waals surface area contributed by atoms with Crippen molar-refractivity contribution < 1.29 is 9.90 Å². The average Bonchev–Trinajstić information content (AvgIpc) is 2.60. The lowest BCUT2D eigenvalue weighted by Gasteiger charge is -2.15. The second-order valence-electron chi connectivity index (χ2n) is 6.22. The number of aliphatic hydroxyl groups is 1. The predicted octanol–water partition coefficient (Wildman–Crippen LogP) is 3.30. The number of carbonyl (C=O) groups is 1. The Labute approximate surface area is 149 Å². The third-order valence-corrected chi connectivity index (χ3v) is 4.04. The van der Waals surface area contributed by atoms with Gasteiger partial charge in [-0.25, -0.2) is 0 Å². The van der Waals surface area contributed by atoms with Crippen molar-refractivity contribution in [3.8, 4) is 0 Å². The Balaban J connectivity index is 1.58. The van der Waals surface area contributed by atoms with Gasteiger partial charge in [-0.3, -0.25) is 4.79 Å². The molecule has 0 saturated carbocycles. The SMILES string of the molecule is Cc1ccc(C(=O)NCCCCCC(O)Nc2ccccc2N)cc1. The summed E-state index contributed by atoms with van der Waals surface area (Å²) in [5.74, 6) is -0.0405. The van der Waals surface area contributed by atoms with E-state index in [2.05, 4.69) is 10.6 Å². The van der Waals surface area contributed by atoms with E-state index in [1.54, 1.807) is 6.07 Å². The number of nitrogen functional groups attached to an aromatic ring is 1. The summed E-state index contributed by atoms with van der Waals surface area (Å²) in [5.41, 5.74) is 9.04. The Morgan fingerprint density at radius 1 is 1.08 bits per heavy atom. The molecule has 134 valence electrons. The molecular formula is C20H27N3O2. The highest BCUT2D eigenvalue weighted by molar-refractivity contribution is 5.94. The number of aliphatic hydroxyl groups excluding tert-OH is 1. The second kappa shape index (κ2) is 9.69. The summed E-state index contributed by atoms with van der Waals surface area (Å²) in [7, 11) is 0. The zero-order chi connectivity index (χ0) is 18.1. The molecule has 1 amide bonds. The number of benzene rings is 2. The van der Waals surface area contributed by atoms with E-state index in [9.17, 15) is 9.90 Å². The van der Waals surface area contributed by atoms with E-state index in [-0.39, 0.29) is 5.91 Å². The van der Waals surface area contributed by atoms with E-state index in [1.165, 1.54) is 0 Å². The number of anilines is 2. The zero-order valence-electron chi connectivity index (χ0n) is 14.7. The summed E-state index contributed by atoms with van der Waals surface area (Å²) >= 11 is 0. The van der Waals surface area contributed by atoms with E-state index in [1.807, 2.05) is 49.4 Å². The van der Waals surface area contributed by atoms with Crippen molar-refractivity contribution >= 4 is 17.3 Å². The molecule has 1 unspecified atom stereocenters. The van der Waals surface area contributed by atoms with Crippen molar-refractivity contribution in [3.05, 3.63) is 59.7 Å². The summed E-state index contributed by atoms with van der Waals surface area (Å²) in [4.78, 5) is 12.0. The van der Waals surface area contributed by atoms with Crippen LogP contribution in [0.2, 0.25) is 0 Å². The number of carbonyl (C=O) groups excluding carboxylic acids is 1. The maximum Gasteiger partial charge on any atom is 0.251 e. The fraction of sp³-hybridized carbons (Fsp3) is 0.350. The zero-order valence-corrected chi connectivity index (χ0v) is 14.7. The first-order valence-corrected chi connectivity index (χ1v) is 8.70. The molecule has 5 N–H and O–H groups in total. The van der Waals surface area contributed by atoms with Crippen molar-refractivity contribution in [1.82, 2.24) is 5.32 Å². The topological polar surface area (TPSA) is 87.4 Å². The smallest absolute Gasteiger partial charge is 0.251 e. The highest BCUT2D eigenvalue weighted by atomic mass is 16.3. The van der Waals surface area contributed by atoms with Crippen LogP contribution < -0.4 is 16.4 Å². The van der Waals surface area contributed by atoms with Crippen molar-refractivity contribution in [2.24, 2.45) is 0 Å². The third kappa shape index (κ3) is 6.47. The Morgan fingerprint density at radius 2 is 1.80 bits per heavy atom. The molecule has 0 aliphatic carbocycles. The molecule has 5 heteroatoms. The summed E-state index contributed by atoms with van der Waals surface area (Å²) in [6.45, 7) is 2.64. The van der Waals surface area contributed by atoms with Gasteiger partial charge in [0, 0.05) is 12.1 Å². The molecular weight excluding hydrogens is 314 g/mol. The van der Waals surface area contributed by atoms with Crippen LogP contribution in [0.3, 0.4) is 0 Å². The molecule has 2 rings (SSSR count). The van der Waals surface area contributed by atoms with Gasteiger partial charge in [0.05, 0.1) is 11.4 Å². The molecule has 25 heavy (non-hydrogen) atoms. The molecule has 0 aliphatic rings.